The van der Waals surface area contributed by atoms with Gasteiger partial charge in [-0.15, -0.1) is 0 Å². The molecule has 124 valence electrons. The van der Waals surface area contributed by atoms with E-state index in [0.717, 1.165) is 17.5 Å². The fraction of sp³-hybridized carbons (Fsp3) is 0.263. The average Bonchev–Trinajstić information content (AvgIpc) is 2.64. The van der Waals surface area contributed by atoms with Crippen LogP contribution in [0.25, 0.3) is 0 Å². The zero-order valence-electron chi connectivity index (χ0n) is 13.6. The van der Waals surface area contributed by atoms with E-state index in [1.54, 1.807) is 18.2 Å². The Morgan fingerprint density at radius 1 is 1.21 bits per heavy atom. The molecular formula is C19H21N3O2. The van der Waals surface area contributed by atoms with E-state index in [9.17, 15) is 9.90 Å². The van der Waals surface area contributed by atoms with E-state index in [4.69, 9.17) is 5.26 Å². The van der Waals surface area contributed by atoms with Crippen molar-refractivity contribution in [3.63, 3.8) is 0 Å². The molecule has 5 nitrogen and oxygen atoms in total. The minimum Gasteiger partial charge on any atom is -0.394 e. The molecule has 0 bridgehead atoms. The smallest absolute Gasteiger partial charge is 0.315 e. The molecule has 0 aliphatic carbocycles. The summed E-state index contributed by atoms with van der Waals surface area (Å²) in [7, 11) is 0. The highest BCUT2D eigenvalue weighted by Crippen LogP contribution is 2.14. The summed E-state index contributed by atoms with van der Waals surface area (Å²) in [5.41, 5.74) is 3.46. The van der Waals surface area contributed by atoms with E-state index >= 15 is 0 Å². The molecule has 0 aliphatic rings. The largest absolute Gasteiger partial charge is 0.394 e. The Morgan fingerprint density at radius 3 is 2.58 bits per heavy atom. The maximum atomic E-state index is 12.0. The Kier molecular flexibility index (Phi) is 6.35. The van der Waals surface area contributed by atoms with Crippen molar-refractivity contribution in [3.05, 3.63) is 70.8 Å². The number of aliphatic hydroxyl groups is 1. The highest BCUT2D eigenvalue weighted by Gasteiger charge is 2.13. The second-order valence-corrected chi connectivity index (χ2v) is 5.47. The third-order valence-electron chi connectivity index (χ3n) is 3.79. The Labute approximate surface area is 141 Å². The SMILES string of the molecule is CCc1ccc(C(CO)NC(=O)NCc2cccc(C#N)c2)cc1. The Morgan fingerprint density at radius 2 is 1.96 bits per heavy atom. The maximum absolute atomic E-state index is 12.0. The van der Waals surface area contributed by atoms with Crippen molar-refractivity contribution >= 4 is 6.03 Å². The van der Waals surface area contributed by atoms with Crippen molar-refractivity contribution in [2.75, 3.05) is 6.61 Å². The zero-order valence-corrected chi connectivity index (χ0v) is 13.6. The van der Waals surface area contributed by atoms with Crippen LogP contribution in [0.15, 0.2) is 48.5 Å². The summed E-state index contributed by atoms with van der Waals surface area (Å²) in [6.07, 6.45) is 0.944. The zero-order chi connectivity index (χ0) is 17.4. The Bertz CT molecular complexity index is 720. The lowest BCUT2D eigenvalue weighted by Gasteiger charge is -2.17. The Hall–Kier alpha value is -2.84. The van der Waals surface area contributed by atoms with Gasteiger partial charge in [0.2, 0.25) is 0 Å². The summed E-state index contributed by atoms with van der Waals surface area (Å²) >= 11 is 0. The van der Waals surface area contributed by atoms with E-state index in [1.807, 2.05) is 30.3 Å². The molecule has 0 spiro atoms. The van der Waals surface area contributed by atoms with Crippen LogP contribution in [-0.4, -0.2) is 17.7 Å². The summed E-state index contributed by atoms with van der Waals surface area (Å²) in [6.45, 7) is 2.21. The van der Waals surface area contributed by atoms with Gasteiger partial charge in [-0.2, -0.15) is 5.26 Å². The third-order valence-corrected chi connectivity index (χ3v) is 3.79. The maximum Gasteiger partial charge on any atom is 0.315 e. The van der Waals surface area contributed by atoms with Crippen LogP contribution < -0.4 is 10.6 Å². The van der Waals surface area contributed by atoms with Gasteiger partial charge < -0.3 is 15.7 Å². The fourth-order valence-electron chi connectivity index (χ4n) is 2.36. The number of hydrogen-bond acceptors (Lipinski definition) is 3. The summed E-state index contributed by atoms with van der Waals surface area (Å²) in [5.74, 6) is 0. The molecule has 0 aromatic heterocycles. The van der Waals surface area contributed by atoms with E-state index in [1.165, 1.54) is 5.56 Å². The second kappa shape index (κ2) is 8.70. The highest BCUT2D eigenvalue weighted by atomic mass is 16.3. The number of nitrogens with zero attached hydrogens (tertiary/aromatic N) is 1. The Balaban J connectivity index is 1.92. The normalized spacial score (nSPS) is 11.4. The van der Waals surface area contributed by atoms with E-state index in [2.05, 4.69) is 23.6 Å². The summed E-state index contributed by atoms with van der Waals surface area (Å²) in [5, 5.41) is 23.9. The molecule has 0 heterocycles. The van der Waals surface area contributed by atoms with Crippen LogP contribution in [0.5, 0.6) is 0 Å². The number of aliphatic hydroxyl groups excluding tert-OH is 1. The lowest BCUT2D eigenvalue weighted by atomic mass is 10.0. The van der Waals surface area contributed by atoms with Crippen molar-refractivity contribution in [1.29, 1.82) is 5.26 Å². The van der Waals surface area contributed by atoms with Gasteiger partial charge in [-0.25, -0.2) is 4.79 Å². The monoisotopic (exact) mass is 323 g/mol. The number of benzene rings is 2. The van der Waals surface area contributed by atoms with Gasteiger partial charge in [0.25, 0.3) is 0 Å². The first kappa shape index (κ1) is 17.5. The number of nitrogens with one attached hydrogen (secondary N) is 2. The molecular weight excluding hydrogens is 302 g/mol. The molecule has 0 saturated carbocycles. The lowest BCUT2D eigenvalue weighted by molar-refractivity contribution is 0.216. The van der Waals surface area contributed by atoms with Gasteiger partial charge in [0.15, 0.2) is 0 Å². The molecule has 2 amide bonds. The van der Waals surface area contributed by atoms with Crippen LogP contribution in [0.4, 0.5) is 4.79 Å². The molecule has 24 heavy (non-hydrogen) atoms. The van der Waals surface area contributed by atoms with Gasteiger partial charge in [-0.05, 0) is 35.2 Å². The number of aryl methyl sites for hydroxylation is 1. The quantitative estimate of drug-likeness (QED) is 0.764. The minimum absolute atomic E-state index is 0.178. The predicted octanol–water partition coefficient (Wildman–Crippen LogP) is 2.65. The minimum atomic E-state index is -0.457. The van der Waals surface area contributed by atoms with Gasteiger partial charge in [0.05, 0.1) is 24.3 Å². The number of hydrogen-bond donors (Lipinski definition) is 3. The van der Waals surface area contributed by atoms with Crippen LogP contribution in [0.2, 0.25) is 0 Å². The van der Waals surface area contributed by atoms with Crippen LogP contribution in [0.1, 0.15) is 35.2 Å². The first-order chi connectivity index (χ1) is 11.7. The van der Waals surface area contributed by atoms with Crippen molar-refractivity contribution < 1.29 is 9.90 Å². The van der Waals surface area contributed by atoms with Gasteiger partial charge in [0, 0.05) is 6.54 Å². The third kappa shape index (κ3) is 4.83. The summed E-state index contributed by atoms with van der Waals surface area (Å²) < 4.78 is 0. The number of carbonyl (C=O) groups is 1. The highest BCUT2D eigenvalue weighted by molar-refractivity contribution is 5.74. The van der Waals surface area contributed by atoms with Crippen LogP contribution in [0, 0.1) is 11.3 Å². The van der Waals surface area contributed by atoms with Crippen LogP contribution in [0.3, 0.4) is 0 Å². The molecule has 0 radical (unpaired) electrons. The average molecular weight is 323 g/mol. The molecule has 2 aromatic carbocycles. The molecule has 0 fully saturated rings. The molecule has 2 rings (SSSR count). The number of carbonyl (C=O) groups excluding carboxylic acids is 1. The molecule has 3 N–H and O–H groups in total. The molecule has 1 atom stereocenters. The van der Waals surface area contributed by atoms with E-state index in [0.29, 0.717) is 12.1 Å². The standard InChI is InChI=1S/C19H21N3O2/c1-2-14-6-8-17(9-7-14)18(13-23)22-19(24)21-12-16-5-3-4-15(10-16)11-20/h3-10,18,23H,2,12-13H2,1H3,(H2,21,22,24). The van der Waals surface area contributed by atoms with Gasteiger partial charge >= 0.3 is 6.03 Å². The first-order valence-corrected chi connectivity index (χ1v) is 7.89. The number of rotatable bonds is 6. The van der Waals surface area contributed by atoms with Crippen LogP contribution >= 0.6 is 0 Å². The predicted molar refractivity (Wildman–Crippen MR) is 92.2 cm³/mol. The molecule has 1 unspecified atom stereocenters. The van der Waals surface area contributed by atoms with Crippen molar-refractivity contribution in [2.24, 2.45) is 0 Å². The van der Waals surface area contributed by atoms with Crippen molar-refractivity contribution in [3.8, 4) is 6.07 Å². The van der Waals surface area contributed by atoms with Gasteiger partial charge in [-0.3, -0.25) is 0 Å². The van der Waals surface area contributed by atoms with E-state index in [-0.39, 0.29) is 12.6 Å². The van der Waals surface area contributed by atoms with Gasteiger partial charge in [-0.1, -0.05) is 43.3 Å². The first-order valence-electron chi connectivity index (χ1n) is 7.89. The molecule has 0 saturated heterocycles. The number of amides is 2. The molecule has 2 aromatic rings. The van der Waals surface area contributed by atoms with E-state index < -0.39 is 6.04 Å². The second-order valence-electron chi connectivity index (χ2n) is 5.47. The topological polar surface area (TPSA) is 85.2 Å². The number of urea groups is 1. The van der Waals surface area contributed by atoms with Gasteiger partial charge in [0.1, 0.15) is 0 Å². The van der Waals surface area contributed by atoms with Crippen molar-refractivity contribution in [1.82, 2.24) is 10.6 Å². The number of nitriles is 1. The van der Waals surface area contributed by atoms with Crippen LogP contribution in [-0.2, 0) is 13.0 Å². The molecule has 5 heteroatoms. The summed E-state index contributed by atoms with van der Waals surface area (Å²) in [6, 6.07) is 16.1. The fourth-order valence-corrected chi connectivity index (χ4v) is 2.36. The lowest BCUT2D eigenvalue weighted by Crippen LogP contribution is -2.38. The van der Waals surface area contributed by atoms with Crippen molar-refractivity contribution in [2.45, 2.75) is 25.9 Å². The molecule has 0 aliphatic heterocycles. The summed E-state index contributed by atoms with van der Waals surface area (Å²) in [4.78, 5) is 12.0.